The van der Waals surface area contributed by atoms with Gasteiger partial charge in [-0.2, -0.15) is 13.2 Å². The van der Waals surface area contributed by atoms with Crippen LogP contribution in [0.2, 0.25) is 0 Å². The van der Waals surface area contributed by atoms with E-state index in [1.54, 1.807) is 17.4 Å². The van der Waals surface area contributed by atoms with Crippen molar-refractivity contribution in [2.75, 3.05) is 5.32 Å². The predicted molar refractivity (Wildman–Crippen MR) is 92.5 cm³/mol. The van der Waals surface area contributed by atoms with Crippen LogP contribution in [0.4, 0.5) is 18.9 Å². The van der Waals surface area contributed by atoms with Crippen LogP contribution in [-0.4, -0.2) is 18.0 Å². The lowest BCUT2D eigenvalue weighted by atomic mass is 10.1. The molecule has 0 unspecified atom stereocenters. The van der Waals surface area contributed by atoms with Gasteiger partial charge in [0.15, 0.2) is 0 Å². The number of hydrogen-bond donors (Lipinski definition) is 2. The number of carbonyl (C=O) groups is 2. The maximum absolute atomic E-state index is 12.2. The molecule has 0 saturated heterocycles. The summed E-state index contributed by atoms with van der Waals surface area (Å²) in [7, 11) is 0. The lowest BCUT2D eigenvalue weighted by molar-refractivity contribution is -0.167. The molecule has 138 valence electrons. The Morgan fingerprint density at radius 3 is 2.31 bits per heavy atom. The topological polar surface area (TPSA) is 58.2 Å². The molecule has 0 saturated carbocycles. The van der Waals surface area contributed by atoms with Gasteiger partial charge in [0.25, 0.3) is 0 Å². The zero-order chi connectivity index (χ0) is 19.2. The fourth-order valence-corrected chi connectivity index (χ4v) is 2.32. The van der Waals surface area contributed by atoms with Crippen LogP contribution in [0.15, 0.2) is 48.5 Å². The van der Waals surface area contributed by atoms with E-state index in [9.17, 15) is 22.8 Å². The molecule has 2 aromatic carbocycles. The normalized spacial score (nSPS) is 11.1. The third-order valence-corrected chi connectivity index (χ3v) is 3.68. The maximum Gasteiger partial charge on any atom is 0.471 e. The fraction of sp³-hybridized carbons (Fsp3) is 0.263. The van der Waals surface area contributed by atoms with E-state index >= 15 is 0 Å². The lowest BCUT2D eigenvalue weighted by Crippen LogP contribution is -2.29. The van der Waals surface area contributed by atoms with E-state index in [2.05, 4.69) is 5.32 Å². The summed E-state index contributed by atoms with van der Waals surface area (Å²) in [4.78, 5) is 22.8. The molecule has 0 heterocycles. The van der Waals surface area contributed by atoms with Crippen LogP contribution in [0, 0.1) is 6.92 Å². The second kappa shape index (κ2) is 8.51. The third-order valence-electron chi connectivity index (χ3n) is 3.68. The van der Waals surface area contributed by atoms with E-state index in [-0.39, 0.29) is 18.1 Å². The lowest BCUT2D eigenvalue weighted by Gasteiger charge is -2.09. The number of halogens is 3. The monoisotopic (exact) mass is 364 g/mol. The Bertz CT molecular complexity index is 771. The van der Waals surface area contributed by atoms with E-state index in [1.807, 2.05) is 31.2 Å². The molecule has 26 heavy (non-hydrogen) atoms. The van der Waals surface area contributed by atoms with Crippen molar-refractivity contribution in [2.45, 2.75) is 32.5 Å². The quantitative estimate of drug-likeness (QED) is 0.820. The molecule has 0 aromatic heterocycles. The fourth-order valence-electron chi connectivity index (χ4n) is 2.32. The molecule has 0 aliphatic carbocycles. The summed E-state index contributed by atoms with van der Waals surface area (Å²) in [6.45, 7) is 2.25. The molecule has 0 radical (unpaired) electrons. The summed E-state index contributed by atoms with van der Waals surface area (Å²) < 4.78 is 36.5. The summed E-state index contributed by atoms with van der Waals surface area (Å²) in [5.41, 5.74) is 2.99. The van der Waals surface area contributed by atoms with Gasteiger partial charge in [-0.15, -0.1) is 0 Å². The van der Waals surface area contributed by atoms with E-state index in [0.717, 1.165) is 16.7 Å². The first-order valence-corrected chi connectivity index (χ1v) is 8.03. The number of amides is 2. The Morgan fingerprint density at radius 2 is 1.69 bits per heavy atom. The van der Waals surface area contributed by atoms with Gasteiger partial charge in [0.1, 0.15) is 0 Å². The minimum Gasteiger partial charge on any atom is -0.352 e. The molecule has 0 atom stereocenters. The van der Waals surface area contributed by atoms with Crippen molar-refractivity contribution in [3.05, 3.63) is 65.2 Å². The molecule has 0 fully saturated rings. The summed E-state index contributed by atoms with van der Waals surface area (Å²) in [5, 5.41) is 4.53. The van der Waals surface area contributed by atoms with Crippen LogP contribution in [0.25, 0.3) is 0 Å². The Kier molecular flexibility index (Phi) is 6.38. The van der Waals surface area contributed by atoms with Gasteiger partial charge < -0.3 is 10.6 Å². The van der Waals surface area contributed by atoms with Crippen LogP contribution in [0.5, 0.6) is 0 Å². The van der Waals surface area contributed by atoms with Gasteiger partial charge in [-0.05, 0) is 36.6 Å². The predicted octanol–water partition coefficient (Wildman–Crippen LogP) is 3.74. The Hall–Kier alpha value is -2.83. The van der Waals surface area contributed by atoms with Gasteiger partial charge in [0, 0.05) is 18.7 Å². The number of rotatable bonds is 6. The number of anilines is 1. The molecule has 7 heteroatoms. The molecule has 2 rings (SSSR count). The van der Waals surface area contributed by atoms with E-state index in [1.165, 1.54) is 12.1 Å². The average Bonchev–Trinajstić information content (AvgIpc) is 2.58. The SMILES string of the molecule is Cc1cccc(CCC(=O)NCc2ccc(NC(=O)C(F)(F)F)cc2)c1. The summed E-state index contributed by atoms with van der Waals surface area (Å²) >= 11 is 0. The van der Waals surface area contributed by atoms with Crippen LogP contribution in [0.3, 0.4) is 0 Å². The summed E-state index contributed by atoms with van der Waals surface area (Å²) in [6.07, 6.45) is -3.94. The van der Waals surface area contributed by atoms with Crippen LogP contribution < -0.4 is 10.6 Å². The minimum absolute atomic E-state index is 0.0434. The first-order chi connectivity index (χ1) is 12.2. The summed E-state index contributed by atoms with van der Waals surface area (Å²) in [6, 6.07) is 13.7. The average molecular weight is 364 g/mol. The van der Waals surface area contributed by atoms with E-state index < -0.39 is 12.1 Å². The molecular weight excluding hydrogens is 345 g/mol. The van der Waals surface area contributed by atoms with Crippen molar-refractivity contribution in [1.29, 1.82) is 0 Å². The van der Waals surface area contributed by atoms with Crippen LogP contribution in [-0.2, 0) is 22.6 Å². The van der Waals surface area contributed by atoms with Crippen molar-refractivity contribution in [3.8, 4) is 0 Å². The van der Waals surface area contributed by atoms with Gasteiger partial charge >= 0.3 is 12.1 Å². The zero-order valence-electron chi connectivity index (χ0n) is 14.2. The van der Waals surface area contributed by atoms with Gasteiger partial charge in [-0.25, -0.2) is 0 Å². The molecule has 0 spiro atoms. The zero-order valence-corrected chi connectivity index (χ0v) is 14.2. The van der Waals surface area contributed by atoms with Crippen molar-refractivity contribution in [1.82, 2.24) is 5.32 Å². The molecule has 0 aliphatic rings. The van der Waals surface area contributed by atoms with Crippen molar-refractivity contribution < 1.29 is 22.8 Å². The highest BCUT2D eigenvalue weighted by molar-refractivity contribution is 5.94. The number of carbonyl (C=O) groups excluding carboxylic acids is 2. The first-order valence-electron chi connectivity index (χ1n) is 8.03. The third kappa shape index (κ3) is 6.23. The smallest absolute Gasteiger partial charge is 0.352 e. The highest BCUT2D eigenvalue weighted by Gasteiger charge is 2.38. The van der Waals surface area contributed by atoms with Crippen molar-refractivity contribution in [2.24, 2.45) is 0 Å². The van der Waals surface area contributed by atoms with Gasteiger partial charge in [0.05, 0.1) is 0 Å². The molecule has 2 amide bonds. The molecule has 4 nitrogen and oxygen atoms in total. The Morgan fingerprint density at radius 1 is 1.00 bits per heavy atom. The highest BCUT2D eigenvalue weighted by Crippen LogP contribution is 2.18. The van der Waals surface area contributed by atoms with Crippen LogP contribution >= 0.6 is 0 Å². The van der Waals surface area contributed by atoms with Gasteiger partial charge in [0.2, 0.25) is 5.91 Å². The van der Waals surface area contributed by atoms with Gasteiger partial charge in [-0.1, -0.05) is 42.0 Å². The number of hydrogen-bond acceptors (Lipinski definition) is 2. The number of alkyl halides is 3. The van der Waals surface area contributed by atoms with E-state index in [4.69, 9.17) is 0 Å². The largest absolute Gasteiger partial charge is 0.471 e. The van der Waals surface area contributed by atoms with Crippen molar-refractivity contribution >= 4 is 17.5 Å². The standard InChI is InChI=1S/C19H19F3N2O2/c1-13-3-2-4-14(11-13)7-10-17(25)23-12-15-5-8-16(9-6-15)24-18(26)19(20,21)22/h2-6,8-9,11H,7,10,12H2,1H3,(H,23,25)(H,24,26). The van der Waals surface area contributed by atoms with Gasteiger partial charge in [-0.3, -0.25) is 9.59 Å². The maximum atomic E-state index is 12.2. The van der Waals surface area contributed by atoms with Crippen molar-refractivity contribution in [3.63, 3.8) is 0 Å². The molecule has 2 N–H and O–H groups in total. The number of aryl methyl sites for hydroxylation is 2. The second-order valence-electron chi connectivity index (χ2n) is 5.91. The Balaban J connectivity index is 1.78. The highest BCUT2D eigenvalue weighted by atomic mass is 19.4. The minimum atomic E-state index is -4.93. The van der Waals surface area contributed by atoms with E-state index in [0.29, 0.717) is 12.8 Å². The van der Waals surface area contributed by atoms with Crippen LogP contribution in [0.1, 0.15) is 23.1 Å². The first kappa shape index (κ1) is 19.5. The molecule has 0 bridgehead atoms. The second-order valence-corrected chi connectivity index (χ2v) is 5.91. The molecule has 0 aliphatic heterocycles. The molecular formula is C19H19F3N2O2. The number of benzene rings is 2. The molecule has 2 aromatic rings. The summed E-state index contributed by atoms with van der Waals surface area (Å²) in [5.74, 6) is -2.13. The Labute approximate surface area is 149 Å². The number of nitrogens with one attached hydrogen (secondary N) is 2.